The van der Waals surface area contributed by atoms with Crippen molar-refractivity contribution in [3.05, 3.63) is 71.8 Å². The predicted molar refractivity (Wildman–Crippen MR) is 117 cm³/mol. The molecule has 0 unspecified atom stereocenters. The second-order valence-electron chi connectivity index (χ2n) is 5.24. The molecule has 0 saturated carbocycles. The Hall–Kier alpha value is -3.14. The third kappa shape index (κ3) is 7.23. The third-order valence-electron chi connectivity index (χ3n) is 3.65. The van der Waals surface area contributed by atoms with Crippen LogP contribution in [0.4, 0.5) is 0 Å². The van der Waals surface area contributed by atoms with E-state index in [1.165, 1.54) is 23.8 Å². The number of carbonyl (C=O) groups is 2. The second-order valence-corrected chi connectivity index (χ2v) is 5.24. The van der Waals surface area contributed by atoms with Crippen molar-refractivity contribution in [2.24, 2.45) is 0 Å². The molecule has 0 aliphatic rings. The fourth-order valence-corrected chi connectivity index (χ4v) is 2.42. The van der Waals surface area contributed by atoms with Crippen molar-refractivity contribution in [2.45, 2.75) is 34.6 Å². The fraction of sp³-hybridized carbons (Fsp3) is 0.250. The van der Waals surface area contributed by atoms with Crippen LogP contribution >= 0.6 is 0 Å². The largest absolute Gasteiger partial charge is 0.483 e. The van der Waals surface area contributed by atoms with Gasteiger partial charge in [0.05, 0.1) is 12.7 Å². The monoisotopic (exact) mass is 382 g/mol. The molecule has 0 aliphatic heterocycles. The van der Waals surface area contributed by atoms with Gasteiger partial charge >= 0.3 is 5.97 Å². The summed E-state index contributed by atoms with van der Waals surface area (Å²) in [7, 11) is 1.40. The van der Waals surface area contributed by atoms with Crippen molar-refractivity contribution < 1.29 is 19.4 Å². The molecule has 0 aromatic heterocycles. The van der Waals surface area contributed by atoms with Crippen LogP contribution in [0.25, 0.3) is 21.9 Å². The average molecular weight is 383 g/mol. The molecule has 4 heteroatoms. The Morgan fingerprint density at radius 2 is 1.29 bits per heavy atom. The highest BCUT2D eigenvalue weighted by Crippen LogP contribution is 2.25. The highest BCUT2D eigenvalue weighted by Gasteiger charge is 2.06. The molecule has 3 rings (SSSR count). The zero-order valence-corrected chi connectivity index (χ0v) is 17.5. The van der Waals surface area contributed by atoms with Crippen LogP contribution in [0.1, 0.15) is 43.6 Å². The van der Waals surface area contributed by atoms with E-state index in [-0.39, 0.29) is 12.4 Å². The second kappa shape index (κ2) is 14.0. The summed E-state index contributed by atoms with van der Waals surface area (Å²) in [6, 6.07) is 20.3. The van der Waals surface area contributed by atoms with E-state index < -0.39 is 0 Å². The predicted octanol–water partition coefficient (Wildman–Crippen LogP) is 6.36. The lowest BCUT2D eigenvalue weighted by atomic mass is 9.99. The fourth-order valence-electron chi connectivity index (χ4n) is 2.42. The Labute approximate surface area is 167 Å². The number of ether oxygens (including phenoxy) is 1. The number of hydrogen-bond donors (Lipinski definition) is 1. The zero-order valence-electron chi connectivity index (χ0n) is 17.5. The minimum absolute atomic E-state index is 0.250. The van der Waals surface area contributed by atoms with Gasteiger partial charge in [-0.15, -0.1) is 0 Å². The summed E-state index contributed by atoms with van der Waals surface area (Å²) in [4.78, 5) is 19.9. The molecular formula is C24H30O4. The van der Waals surface area contributed by atoms with E-state index in [0.29, 0.717) is 5.56 Å². The number of aryl methyl sites for hydroxylation is 1. The maximum absolute atomic E-state index is 11.6. The molecule has 1 N–H and O–H groups in total. The van der Waals surface area contributed by atoms with E-state index in [2.05, 4.69) is 43.3 Å². The van der Waals surface area contributed by atoms with Crippen LogP contribution in [0.2, 0.25) is 0 Å². The van der Waals surface area contributed by atoms with E-state index in [9.17, 15) is 4.79 Å². The molecule has 0 spiro atoms. The molecule has 0 atom stereocenters. The van der Waals surface area contributed by atoms with Crippen LogP contribution < -0.4 is 0 Å². The molecule has 0 fully saturated rings. The van der Waals surface area contributed by atoms with E-state index in [1.807, 2.05) is 45.9 Å². The van der Waals surface area contributed by atoms with Crippen molar-refractivity contribution >= 4 is 23.2 Å². The number of hydrogen-bond acceptors (Lipinski definition) is 3. The summed E-state index contributed by atoms with van der Waals surface area (Å²) in [5, 5.41) is 9.04. The van der Waals surface area contributed by atoms with Gasteiger partial charge in [-0.05, 0) is 47.0 Å². The van der Waals surface area contributed by atoms with Crippen LogP contribution in [-0.4, -0.2) is 24.7 Å². The minimum Gasteiger partial charge on any atom is -0.483 e. The average Bonchev–Trinajstić information content (AvgIpc) is 2.76. The Kier molecular flexibility index (Phi) is 12.4. The van der Waals surface area contributed by atoms with Gasteiger partial charge in [0.1, 0.15) is 0 Å². The van der Waals surface area contributed by atoms with Gasteiger partial charge in [0.2, 0.25) is 0 Å². The van der Waals surface area contributed by atoms with Crippen molar-refractivity contribution in [3.8, 4) is 11.1 Å². The smallest absolute Gasteiger partial charge is 0.337 e. The molecule has 150 valence electrons. The van der Waals surface area contributed by atoms with Gasteiger partial charge < -0.3 is 9.84 Å². The Morgan fingerprint density at radius 3 is 1.82 bits per heavy atom. The van der Waals surface area contributed by atoms with Gasteiger partial charge in [-0.1, -0.05) is 75.7 Å². The number of methoxy groups -OCH3 is 1. The normalized spacial score (nSPS) is 8.79. The molecule has 0 saturated heterocycles. The summed E-state index contributed by atoms with van der Waals surface area (Å²) in [5.41, 5.74) is 4.20. The summed E-state index contributed by atoms with van der Waals surface area (Å²) in [6.45, 7) is 9.83. The maximum atomic E-state index is 11.6. The van der Waals surface area contributed by atoms with Gasteiger partial charge in [0, 0.05) is 0 Å². The summed E-state index contributed by atoms with van der Waals surface area (Å²) in [6.07, 6.45) is 0. The lowest BCUT2D eigenvalue weighted by Crippen LogP contribution is -2.00. The topological polar surface area (TPSA) is 63.6 Å². The Morgan fingerprint density at radius 1 is 0.821 bits per heavy atom. The highest BCUT2D eigenvalue weighted by molar-refractivity contribution is 5.96. The molecule has 3 aromatic rings. The van der Waals surface area contributed by atoms with Crippen molar-refractivity contribution in [2.75, 3.05) is 7.11 Å². The number of fused-ring (bicyclic) bond motifs is 1. The van der Waals surface area contributed by atoms with E-state index in [1.54, 1.807) is 6.07 Å². The Balaban J connectivity index is 0.000000930. The Bertz CT molecular complexity index is 852. The third-order valence-corrected chi connectivity index (χ3v) is 3.65. The molecule has 0 amide bonds. The quantitative estimate of drug-likeness (QED) is 0.414. The molecular weight excluding hydrogens is 352 g/mol. The molecule has 3 aromatic carbocycles. The first-order valence-corrected chi connectivity index (χ1v) is 9.36. The number of benzene rings is 3. The number of carboxylic acid groups (broad SMARTS) is 1. The van der Waals surface area contributed by atoms with Gasteiger partial charge in [-0.2, -0.15) is 0 Å². The summed E-state index contributed by atoms with van der Waals surface area (Å²) in [5.74, 6) is -0.306. The van der Waals surface area contributed by atoms with Crippen LogP contribution in [0.15, 0.2) is 60.7 Å². The van der Waals surface area contributed by atoms with E-state index >= 15 is 0 Å². The van der Waals surface area contributed by atoms with Crippen LogP contribution in [0.5, 0.6) is 0 Å². The maximum Gasteiger partial charge on any atom is 0.337 e. The first-order valence-electron chi connectivity index (χ1n) is 9.36. The zero-order chi connectivity index (χ0) is 21.5. The van der Waals surface area contributed by atoms with Crippen LogP contribution in [-0.2, 0) is 9.53 Å². The number of esters is 1. The van der Waals surface area contributed by atoms with Gasteiger partial charge in [0.15, 0.2) is 0 Å². The van der Waals surface area contributed by atoms with Crippen molar-refractivity contribution in [1.82, 2.24) is 0 Å². The number of rotatable bonds is 2. The molecule has 4 nitrogen and oxygen atoms in total. The van der Waals surface area contributed by atoms with Gasteiger partial charge in [0.25, 0.3) is 6.47 Å². The molecule has 0 heterocycles. The molecule has 0 aliphatic carbocycles. The highest BCUT2D eigenvalue weighted by atomic mass is 16.5. The standard InChI is InChI=1S/C19H16O2.2C2H6.CH2O2/c1-13-3-5-14(6-4-13)15-7-8-17-12-18(19(20)21-2)10-9-16(17)11-15;2*1-2;2-1-3/h3-12H,1-2H3;2*1-2H3;1H,(H,2,3). The summed E-state index contributed by atoms with van der Waals surface area (Å²) < 4.78 is 4.75. The van der Waals surface area contributed by atoms with Gasteiger partial charge in [-0.25, -0.2) is 4.79 Å². The lowest BCUT2D eigenvalue weighted by molar-refractivity contribution is -0.122. The van der Waals surface area contributed by atoms with Crippen molar-refractivity contribution in [1.29, 1.82) is 0 Å². The van der Waals surface area contributed by atoms with Crippen LogP contribution in [0.3, 0.4) is 0 Å². The lowest BCUT2D eigenvalue weighted by Gasteiger charge is -2.06. The minimum atomic E-state index is -0.306. The van der Waals surface area contributed by atoms with Crippen LogP contribution in [0, 0.1) is 6.92 Å². The SMILES string of the molecule is CC.CC.COC(=O)c1ccc2cc(-c3ccc(C)cc3)ccc2c1.O=CO. The van der Waals surface area contributed by atoms with E-state index in [4.69, 9.17) is 14.6 Å². The number of carbonyl (C=O) groups excluding carboxylic acids is 1. The van der Waals surface area contributed by atoms with Gasteiger partial charge in [-0.3, -0.25) is 4.79 Å². The van der Waals surface area contributed by atoms with E-state index in [0.717, 1.165) is 10.8 Å². The van der Waals surface area contributed by atoms with Crippen molar-refractivity contribution in [3.63, 3.8) is 0 Å². The molecule has 28 heavy (non-hydrogen) atoms. The first-order chi connectivity index (χ1) is 13.6. The first kappa shape index (κ1) is 24.9. The molecule has 0 radical (unpaired) electrons. The summed E-state index contributed by atoms with van der Waals surface area (Å²) >= 11 is 0. The molecule has 0 bridgehead atoms.